The molecule has 0 bridgehead atoms. The molecule has 0 atom stereocenters. The van der Waals surface area contributed by atoms with Gasteiger partial charge in [0, 0.05) is 10.6 Å². The third kappa shape index (κ3) is 3.03. The first-order valence-electron chi connectivity index (χ1n) is 6.88. The van der Waals surface area contributed by atoms with Crippen LogP contribution in [0, 0.1) is 0 Å². The molecule has 114 valence electrons. The minimum atomic E-state index is -1.13. The lowest BCUT2D eigenvalue weighted by atomic mass is 10.0. The number of carbonyl (C=O) groups is 2. The van der Waals surface area contributed by atoms with Gasteiger partial charge in [-0.15, -0.1) is 0 Å². The fourth-order valence-electron chi connectivity index (χ4n) is 2.42. The van der Waals surface area contributed by atoms with Gasteiger partial charge in [0.2, 0.25) is 0 Å². The van der Waals surface area contributed by atoms with Crippen LogP contribution in [0.1, 0.15) is 20.7 Å². The Kier molecular flexibility index (Phi) is 4.00. The van der Waals surface area contributed by atoms with Crippen LogP contribution in [0.15, 0.2) is 60.7 Å². The second-order valence-electron chi connectivity index (χ2n) is 4.98. The molecule has 23 heavy (non-hydrogen) atoms. The molecule has 3 rings (SSSR count). The van der Waals surface area contributed by atoms with Gasteiger partial charge < -0.3 is 10.4 Å². The number of amides is 1. The normalized spacial score (nSPS) is 10.5. The van der Waals surface area contributed by atoms with E-state index in [9.17, 15) is 14.7 Å². The predicted molar refractivity (Wildman–Crippen MR) is 90.3 cm³/mol. The standard InChI is InChI=1S/C18H12ClNO3/c19-12-8-9-15(18(22)23)16(10-12)20-17(21)14-7-3-5-11-4-1-2-6-13(11)14/h1-10H,(H,20,21)(H,22,23). The minimum absolute atomic E-state index is 0.0111. The van der Waals surface area contributed by atoms with Crippen molar-refractivity contribution in [1.29, 1.82) is 0 Å². The molecule has 0 heterocycles. The molecule has 0 aromatic heterocycles. The maximum atomic E-state index is 12.6. The summed E-state index contributed by atoms with van der Waals surface area (Å²) in [6, 6.07) is 17.2. The van der Waals surface area contributed by atoms with Crippen LogP contribution in [-0.4, -0.2) is 17.0 Å². The summed E-state index contributed by atoms with van der Waals surface area (Å²) in [5.41, 5.74) is 0.630. The van der Waals surface area contributed by atoms with E-state index in [1.807, 2.05) is 30.3 Å². The molecule has 2 N–H and O–H groups in total. The van der Waals surface area contributed by atoms with E-state index >= 15 is 0 Å². The quantitative estimate of drug-likeness (QED) is 0.748. The lowest BCUT2D eigenvalue weighted by Crippen LogP contribution is -2.15. The van der Waals surface area contributed by atoms with Gasteiger partial charge in [-0.3, -0.25) is 4.79 Å². The molecule has 0 aliphatic carbocycles. The van der Waals surface area contributed by atoms with Crippen molar-refractivity contribution < 1.29 is 14.7 Å². The lowest BCUT2D eigenvalue weighted by molar-refractivity contribution is 0.0698. The van der Waals surface area contributed by atoms with Gasteiger partial charge in [-0.05, 0) is 35.0 Å². The highest BCUT2D eigenvalue weighted by molar-refractivity contribution is 6.31. The molecule has 0 saturated carbocycles. The second kappa shape index (κ2) is 6.10. The number of carboxylic acids is 1. The summed E-state index contributed by atoms with van der Waals surface area (Å²) >= 11 is 5.90. The molecule has 0 aliphatic rings. The number of carboxylic acid groups (broad SMARTS) is 1. The average molecular weight is 326 g/mol. The summed E-state index contributed by atoms with van der Waals surface area (Å²) in [7, 11) is 0. The molecule has 0 spiro atoms. The average Bonchev–Trinajstić information content (AvgIpc) is 2.54. The number of fused-ring (bicyclic) bond motifs is 1. The molecular weight excluding hydrogens is 314 g/mol. The van der Waals surface area contributed by atoms with E-state index in [4.69, 9.17) is 11.6 Å². The SMILES string of the molecule is O=C(O)c1ccc(Cl)cc1NC(=O)c1cccc2ccccc12. The van der Waals surface area contributed by atoms with Gasteiger partial charge in [-0.25, -0.2) is 4.79 Å². The minimum Gasteiger partial charge on any atom is -0.478 e. The molecule has 0 unspecified atom stereocenters. The van der Waals surface area contributed by atoms with E-state index in [1.165, 1.54) is 18.2 Å². The number of halogens is 1. The second-order valence-corrected chi connectivity index (χ2v) is 5.41. The Hall–Kier alpha value is -2.85. The van der Waals surface area contributed by atoms with Crippen LogP contribution in [0.2, 0.25) is 5.02 Å². The zero-order valence-corrected chi connectivity index (χ0v) is 12.7. The first kappa shape index (κ1) is 15.1. The van der Waals surface area contributed by atoms with Crippen molar-refractivity contribution in [2.45, 2.75) is 0 Å². The highest BCUT2D eigenvalue weighted by Gasteiger charge is 2.15. The summed E-state index contributed by atoms with van der Waals surface area (Å²) in [5, 5.41) is 13.9. The number of carbonyl (C=O) groups excluding carboxylic acids is 1. The van der Waals surface area contributed by atoms with E-state index in [0.717, 1.165) is 10.8 Å². The number of nitrogens with one attached hydrogen (secondary N) is 1. The molecule has 0 aliphatic heterocycles. The highest BCUT2D eigenvalue weighted by Crippen LogP contribution is 2.24. The number of aromatic carboxylic acids is 1. The van der Waals surface area contributed by atoms with Crippen molar-refractivity contribution >= 4 is 39.9 Å². The van der Waals surface area contributed by atoms with Crippen LogP contribution in [0.5, 0.6) is 0 Å². The maximum Gasteiger partial charge on any atom is 0.337 e. The summed E-state index contributed by atoms with van der Waals surface area (Å²) in [6.45, 7) is 0. The Morgan fingerprint density at radius 2 is 1.65 bits per heavy atom. The number of hydrogen-bond acceptors (Lipinski definition) is 2. The van der Waals surface area contributed by atoms with E-state index in [1.54, 1.807) is 12.1 Å². The van der Waals surface area contributed by atoms with E-state index < -0.39 is 5.97 Å². The van der Waals surface area contributed by atoms with Crippen LogP contribution in [0.25, 0.3) is 10.8 Å². The van der Waals surface area contributed by atoms with Crippen LogP contribution in [0.3, 0.4) is 0 Å². The molecule has 5 heteroatoms. The fourth-order valence-corrected chi connectivity index (χ4v) is 2.59. The molecule has 4 nitrogen and oxygen atoms in total. The molecule has 0 fully saturated rings. The Balaban J connectivity index is 2.02. The van der Waals surface area contributed by atoms with Crippen LogP contribution in [0.4, 0.5) is 5.69 Å². The number of rotatable bonds is 3. The molecule has 0 saturated heterocycles. The monoisotopic (exact) mass is 325 g/mol. The van der Waals surface area contributed by atoms with Crippen molar-refractivity contribution in [1.82, 2.24) is 0 Å². The van der Waals surface area contributed by atoms with Crippen LogP contribution >= 0.6 is 11.6 Å². The van der Waals surface area contributed by atoms with Crippen LogP contribution in [-0.2, 0) is 0 Å². The van der Waals surface area contributed by atoms with Crippen molar-refractivity contribution in [3.63, 3.8) is 0 Å². The fraction of sp³-hybridized carbons (Fsp3) is 0. The third-order valence-electron chi connectivity index (χ3n) is 3.49. The highest BCUT2D eigenvalue weighted by atomic mass is 35.5. The van der Waals surface area contributed by atoms with Gasteiger partial charge in [0.15, 0.2) is 0 Å². The largest absolute Gasteiger partial charge is 0.478 e. The molecule has 3 aromatic carbocycles. The smallest absolute Gasteiger partial charge is 0.337 e. The Bertz CT molecular complexity index is 916. The Labute approximate surface area is 137 Å². The first-order chi connectivity index (χ1) is 11.1. The van der Waals surface area contributed by atoms with Crippen molar-refractivity contribution in [3.05, 3.63) is 76.8 Å². The van der Waals surface area contributed by atoms with Crippen molar-refractivity contribution in [2.75, 3.05) is 5.32 Å². The van der Waals surface area contributed by atoms with Gasteiger partial charge in [0.05, 0.1) is 11.3 Å². The molecule has 1 amide bonds. The molecule has 3 aromatic rings. The number of hydrogen-bond donors (Lipinski definition) is 2. The van der Waals surface area contributed by atoms with Gasteiger partial charge in [-0.2, -0.15) is 0 Å². The first-order valence-corrected chi connectivity index (χ1v) is 7.26. The maximum absolute atomic E-state index is 12.6. The van der Waals surface area contributed by atoms with Crippen molar-refractivity contribution in [2.24, 2.45) is 0 Å². The third-order valence-corrected chi connectivity index (χ3v) is 3.73. The van der Waals surface area contributed by atoms with Gasteiger partial charge in [0.1, 0.15) is 0 Å². The Morgan fingerprint density at radius 1 is 0.913 bits per heavy atom. The summed E-state index contributed by atoms with van der Waals surface area (Å²) in [6.07, 6.45) is 0. The topological polar surface area (TPSA) is 66.4 Å². The van der Waals surface area contributed by atoms with Crippen LogP contribution < -0.4 is 5.32 Å². The van der Waals surface area contributed by atoms with E-state index in [2.05, 4.69) is 5.32 Å². The summed E-state index contributed by atoms with van der Waals surface area (Å²) < 4.78 is 0. The number of anilines is 1. The Morgan fingerprint density at radius 3 is 2.43 bits per heavy atom. The van der Waals surface area contributed by atoms with E-state index in [0.29, 0.717) is 10.6 Å². The number of benzene rings is 3. The zero-order valence-electron chi connectivity index (χ0n) is 11.9. The van der Waals surface area contributed by atoms with Crippen molar-refractivity contribution in [3.8, 4) is 0 Å². The lowest BCUT2D eigenvalue weighted by Gasteiger charge is -2.10. The van der Waals surface area contributed by atoms with Gasteiger partial charge in [0.25, 0.3) is 5.91 Å². The van der Waals surface area contributed by atoms with Gasteiger partial charge in [-0.1, -0.05) is 48.0 Å². The molecular formula is C18H12ClNO3. The molecule has 0 radical (unpaired) electrons. The summed E-state index contributed by atoms with van der Waals surface area (Å²) in [4.78, 5) is 23.8. The predicted octanol–water partition coefficient (Wildman–Crippen LogP) is 4.44. The van der Waals surface area contributed by atoms with Gasteiger partial charge >= 0.3 is 5.97 Å². The van der Waals surface area contributed by atoms with E-state index in [-0.39, 0.29) is 17.2 Å². The zero-order chi connectivity index (χ0) is 16.4. The summed E-state index contributed by atoms with van der Waals surface area (Å²) in [5.74, 6) is -1.51.